The zero-order chi connectivity index (χ0) is 16.7. The minimum absolute atomic E-state index is 0.185. The van der Waals surface area contributed by atoms with Gasteiger partial charge in [-0.2, -0.15) is 0 Å². The van der Waals surface area contributed by atoms with E-state index in [1.807, 2.05) is 13.8 Å². The van der Waals surface area contributed by atoms with Gasteiger partial charge in [-0.3, -0.25) is 9.36 Å². The molecule has 0 bridgehead atoms. The molecule has 0 aliphatic rings. The third-order valence-corrected chi connectivity index (χ3v) is 4.96. The van der Waals surface area contributed by atoms with Crippen molar-refractivity contribution in [3.8, 4) is 0 Å². The molecule has 0 unspecified atom stereocenters. The van der Waals surface area contributed by atoms with Crippen LogP contribution in [0.25, 0.3) is 10.2 Å². The number of aliphatic hydroxyl groups excluding tert-OH is 1. The van der Waals surface area contributed by atoms with Crippen molar-refractivity contribution in [2.45, 2.75) is 26.5 Å². The van der Waals surface area contributed by atoms with Crippen LogP contribution in [0.2, 0.25) is 0 Å². The SMILES string of the molecule is Cc1sc2ncn(C[C@@H](O)c3cc(F)ccc3F)c(=O)c2c1C. The normalized spacial score (nSPS) is 12.7. The Balaban J connectivity index is 2.01. The first kappa shape index (κ1) is 15.8. The summed E-state index contributed by atoms with van der Waals surface area (Å²) in [6, 6.07) is 2.85. The number of aromatic nitrogens is 2. The first-order valence-electron chi connectivity index (χ1n) is 6.96. The van der Waals surface area contributed by atoms with Gasteiger partial charge in [0.2, 0.25) is 0 Å². The number of hydrogen-bond donors (Lipinski definition) is 1. The summed E-state index contributed by atoms with van der Waals surface area (Å²) in [5.41, 5.74) is 0.367. The Morgan fingerprint density at radius 2 is 2.09 bits per heavy atom. The van der Waals surface area contributed by atoms with Gasteiger partial charge in [-0.25, -0.2) is 13.8 Å². The lowest BCUT2D eigenvalue weighted by Crippen LogP contribution is -2.24. The van der Waals surface area contributed by atoms with Gasteiger partial charge in [0.1, 0.15) is 16.5 Å². The Bertz CT molecular complexity index is 949. The fourth-order valence-corrected chi connectivity index (χ4v) is 3.44. The maximum Gasteiger partial charge on any atom is 0.262 e. The molecule has 3 aromatic rings. The molecule has 0 radical (unpaired) electrons. The Hall–Kier alpha value is -2.12. The Kier molecular flexibility index (Phi) is 3.99. The van der Waals surface area contributed by atoms with Crippen LogP contribution in [0.3, 0.4) is 0 Å². The van der Waals surface area contributed by atoms with Crippen molar-refractivity contribution in [2.24, 2.45) is 0 Å². The van der Waals surface area contributed by atoms with Crippen molar-refractivity contribution >= 4 is 21.6 Å². The monoisotopic (exact) mass is 336 g/mol. The Morgan fingerprint density at radius 1 is 1.35 bits per heavy atom. The van der Waals surface area contributed by atoms with Gasteiger partial charge in [0.25, 0.3) is 5.56 Å². The van der Waals surface area contributed by atoms with Crippen LogP contribution in [-0.2, 0) is 6.54 Å². The van der Waals surface area contributed by atoms with E-state index in [1.165, 1.54) is 22.2 Å². The molecular formula is C16H14F2N2O2S. The van der Waals surface area contributed by atoms with Gasteiger partial charge in [-0.15, -0.1) is 11.3 Å². The van der Waals surface area contributed by atoms with Gasteiger partial charge < -0.3 is 5.11 Å². The number of benzene rings is 1. The predicted octanol–water partition coefficient (Wildman–Crippen LogP) is 3.09. The summed E-state index contributed by atoms with van der Waals surface area (Å²) in [6.45, 7) is 3.54. The average Bonchev–Trinajstić information content (AvgIpc) is 2.80. The molecule has 23 heavy (non-hydrogen) atoms. The third-order valence-electron chi connectivity index (χ3n) is 3.84. The Labute approximate surface area is 134 Å². The molecule has 2 aromatic heterocycles. The van der Waals surface area contributed by atoms with E-state index in [4.69, 9.17) is 0 Å². The molecule has 0 fully saturated rings. The van der Waals surface area contributed by atoms with E-state index in [0.717, 1.165) is 28.6 Å². The number of hydrogen-bond acceptors (Lipinski definition) is 4. The van der Waals surface area contributed by atoms with Crippen LogP contribution in [0.4, 0.5) is 8.78 Å². The largest absolute Gasteiger partial charge is 0.386 e. The fraction of sp³-hybridized carbons (Fsp3) is 0.250. The van der Waals surface area contributed by atoms with Crippen molar-refractivity contribution in [1.29, 1.82) is 0 Å². The molecule has 3 rings (SSSR count). The van der Waals surface area contributed by atoms with Crippen molar-refractivity contribution in [3.63, 3.8) is 0 Å². The maximum atomic E-state index is 13.7. The van der Waals surface area contributed by atoms with Crippen molar-refractivity contribution < 1.29 is 13.9 Å². The van der Waals surface area contributed by atoms with Crippen molar-refractivity contribution in [2.75, 3.05) is 0 Å². The van der Waals surface area contributed by atoms with E-state index >= 15 is 0 Å². The first-order chi connectivity index (χ1) is 10.9. The zero-order valence-electron chi connectivity index (χ0n) is 12.5. The second-order valence-electron chi connectivity index (χ2n) is 5.35. The molecule has 0 aliphatic carbocycles. The van der Waals surface area contributed by atoms with Crippen LogP contribution in [0.1, 0.15) is 22.1 Å². The number of thiophene rings is 1. The van der Waals surface area contributed by atoms with Gasteiger partial charge in [0.15, 0.2) is 0 Å². The van der Waals surface area contributed by atoms with E-state index in [9.17, 15) is 18.7 Å². The number of aliphatic hydroxyl groups is 1. The fourth-order valence-electron chi connectivity index (χ4n) is 2.45. The molecular weight excluding hydrogens is 322 g/mol. The van der Waals surface area contributed by atoms with Crippen LogP contribution < -0.4 is 5.56 Å². The summed E-state index contributed by atoms with van der Waals surface area (Å²) >= 11 is 1.42. The van der Waals surface area contributed by atoms with E-state index in [2.05, 4.69) is 4.98 Å². The highest BCUT2D eigenvalue weighted by Gasteiger charge is 2.17. The molecule has 1 N–H and O–H groups in total. The Morgan fingerprint density at radius 3 is 2.83 bits per heavy atom. The molecule has 1 aromatic carbocycles. The van der Waals surface area contributed by atoms with Gasteiger partial charge >= 0.3 is 0 Å². The van der Waals surface area contributed by atoms with E-state index in [-0.39, 0.29) is 17.7 Å². The van der Waals surface area contributed by atoms with E-state index < -0.39 is 17.7 Å². The van der Waals surface area contributed by atoms with Crippen LogP contribution in [-0.4, -0.2) is 14.7 Å². The quantitative estimate of drug-likeness (QED) is 0.800. The molecule has 0 amide bonds. The summed E-state index contributed by atoms with van der Waals surface area (Å²) in [5.74, 6) is -1.37. The molecule has 0 saturated heterocycles. The molecule has 4 nitrogen and oxygen atoms in total. The minimum Gasteiger partial charge on any atom is -0.386 e. The number of halogens is 2. The summed E-state index contributed by atoms with van der Waals surface area (Å²) in [5, 5.41) is 10.7. The summed E-state index contributed by atoms with van der Waals surface area (Å²) in [7, 11) is 0. The second kappa shape index (κ2) is 5.82. The van der Waals surface area contributed by atoms with E-state index in [1.54, 1.807) is 0 Å². The van der Waals surface area contributed by atoms with Gasteiger partial charge in [-0.05, 0) is 37.6 Å². The highest BCUT2D eigenvalue weighted by molar-refractivity contribution is 7.18. The lowest BCUT2D eigenvalue weighted by Gasteiger charge is -2.13. The number of nitrogens with zero attached hydrogens (tertiary/aromatic N) is 2. The third kappa shape index (κ3) is 2.77. The predicted molar refractivity (Wildman–Crippen MR) is 84.7 cm³/mol. The minimum atomic E-state index is -1.34. The van der Waals surface area contributed by atoms with Gasteiger partial charge in [0.05, 0.1) is 24.4 Å². The van der Waals surface area contributed by atoms with E-state index in [0.29, 0.717) is 10.2 Å². The van der Waals surface area contributed by atoms with Crippen LogP contribution >= 0.6 is 11.3 Å². The summed E-state index contributed by atoms with van der Waals surface area (Å²) in [6.07, 6.45) is -0.0248. The second-order valence-corrected chi connectivity index (χ2v) is 6.55. The highest BCUT2D eigenvalue weighted by atomic mass is 32.1. The van der Waals surface area contributed by atoms with Gasteiger partial charge in [-0.1, -0.05) is 0 Å². The van der Waals surface area contributed by atoms with Crippen LogP contribution in [0.15, 0.2) is 29.3 Å². The molecule has 120 valence electrons. The number of aryl methyl sites for hydroxylation is 2. The molecule has 1 atom stereocenters. The van der Waals surface area contributed by atoms with Crippen molar-refractivity contribution in [1.82, 2.24) is 9.55 Å². The lowest BCUT2D eigenvalue weighted by atomic mass is 10.1. The standard InChI is InChI=1S/C16H14F2N2O2S/c1-8-9(2)23-15-14(8)16(22)20(7-19-15)6-13(21)11-5-10(17)3-4-12(11)18/h3-5,7,13,21H,6H2,1-2H3/t13-/m1/s1. The molecule has 7 heteroatoms. The number of rotatable bonds is 3. The summed E-state index contributed by atoms with van der Waals surface area (Å²) < 4.78 is 28.2. The molecule has 0 aliphatic heterocycles. The molecule has 0 spiro atoms. The summed E-state index contributed by atoms with van der Waals surface area (Å²) in [4.78, 5) is 18.4. The maximum absolute atomic E-state index is 13.7. The number of fused-ring (bicyclic) bond motifs is 1. The average molecular weight is 336 g/mol. The van der Waals surface area contributed by atoms with Crippen LogP contribution in [0, 0.1) is 25.5 Å². The smallest absolute Gasteiger partial charge is 0.262 e. The highest BCUT2D eigenvalue weighted by Crippen LogP contribution is 2.26. The van der Waals surface area contributed by atoms with Gasteiger partial charge in [0, 0.05) is 10.4 Å². The zero-order valence-corrected chi connectivity index (χ0v) is 13.3. The van der Waals surface area contributed by atoms with Crippen LogP contribution in [0.5, 0.6) is 0 Å². The lowest BCUT2D eigenvalue weighted by molar-refractivity contribution is 0.150. The van der Waals surface area contributed by atoms with Crippen molar-refractivity contribution in [3.05, 3.63) is 62.5 Å². The molecule has 0 saturated carbocycles. The topological polar surface area (TPSA) is 55.1 Å². The molecule has 2 heterocycles. The first-order valence-corrected chi connectivity index (χ1v) is 7.78.